The number of carbonyl (C=O) groups is 2. The Bertz CT molecular complexity index is 1690. The van der Waals surface area contributed by atoms with Crippen molar-refractivity contribution in [1.29, 1.82) is 0 Å². The third kappa shape index (κ3) is 4.96. The molecule has 0 saturated heterocycles. The summed E-state index contributed by atoms with van der Waals surface area (Å²) in [6, 6.07) is 11.3. The van der Waals surface area contributed by atoms with Crippen molar-refractivity contribution in [3.8, 4) is 5.69 Å². The number of hydrogen-bond donors (Lipinski definition) is 2. The van der Waals surface area contributed by atoms with Crippen LogP contribution >= 0.6 is 0 Å². The molecular formula is C26H20F3N7O2. The SMILES string of the molecule is Cc1cn(-c2cc(NC(=O)c3ccc(C)c(NC(=O)c4cnc5cccnn45)c3)cc(C(F)(F)F)c2)cn1. The largest absolute Gasteiger partial charge is 0.416 e. The lowest BCUT2D eigenvalue weighted by Gasteiger charge is -2.14. The van der Waals surface area contributed by atoms with Gasteiger partial charge in [0.25, 0.3) is 11.8 Å². The minimum absolute atomic E-state index is 0.0471. The van der Waals surface area contributed by atoms with E-state index in [0.717, 1.165) is 12.1 Å². The molecule has 12 heteroatoms. The zero-order valence-electron chi connectivity index (χ0n) is 20.1. The van der Waals surface area contributed by atoms with Crippen LogP contribution in [0.4, 0.5) is 24.5 Å². The smallest absolute Gasteiger partial charge is 0.322 e. The Hall–Kier alpha value is -5.00. The van der Waals surface area contributed by atoms with E-state index in [1.165, 1.54) is 46.0 Å². The molecule has 0 radical (unpaired) electrons. The van der Waals surface area contributed by atoms with Gasteiger partial charge in [-0.25, -0.2) is 14.5 Å². The summed E-state index contributed by atoms with van der Waals surface area (Å²) in [6.45, 7) is 3.46. The fraction of sp³-hybridized carbons (Fsp3) is 0.115. The Morgan fingerprint density at radius 1 is 0.947 bits per heavy atom. The van der Waals surface area contributed by atoms with Gasteiger partial charge in [0.05, 0.1) is 23.8 Å². The topological polar surface area (TPSA) is 106 Å². The second-order valence-corrected chi connectivity index (χ2v) is 8.56. The van der Waals surface area contributed by atoms with Gasteiger partial charge in [0.2, 0.25) is 0 Å². The molecule has 0 saturated carbocycles. The molecule has 0 aliphatic heterocycles. The van der Waals surface area contributed by atoms with Crippen LogP contribution in [0.1, 0.15) is 37.7 Å². The normalized spacial score (nSPS) is 11.5. The van der Waals surface area contributed by atoms with Crippen molar-refractivity contribution >= 4 is 28.8 Å². The van der Waals surface area contributed by atoms with Gasteiger partial charge >= 0.3 is 6.18 Å². The van der Waals surface area contributed by atoms with E-state index in [2.05, 4.69) is 25.7 Å². The van der Waals surface area contributed by atoms with Gasteiger partial charge in [-0.05, 0) is 61.9 Å². The van der Waals surface area contributed by atoms with Crippen molar-refractivity contribution in [2.75, 3.05) is 10.6 Å². The maximum Gasteiger partial charge on any atom is 0.416 e. The molecule has 9 nitrogen and oxygen atoms in total. The highest BCUT2D eigenvalue weighted by molar-refractivity contribution is 6.07. The van der Waals surface area contributed by atoms with Crippen LogP contribution in [-0.4, -0.2) is 36.0 Å². The lowest BCUT2D eigenvalue weighted by molar-refractivity contribution is -0.137. The molecule has 0 aliphatic carbocycles. The van der Waals surface area contributed by atoms with E-state index < -0.39 is 23.6 Å². The highest BCUT2D eigenvalue weighted by Crippen LogP contribution is 2.33. The first-order chi connectivity index (χ1) is 18.1. The highest BCUT2D eigenvalue weighted by Gasteiger charge is 2.31. The predicted octanol–water partition coefficient (Wildman–Crippen LogP) is 5.06. The number of halogens is 3. The average Bonchev–Trinajstić information content (AvgIpc) is 3.51. The molecule has 0 fully saturated rings. The Balaban J connectivity index is 1.41. The highest BCUT2D eigenvalue weighted by atomic mass is 19.4. The number of aryl methyl sites for hydroxylation is 2. The van der Waals surface area contributed by atoms with Crippen molar-refractivity contribution in [3.05, 3.63) is 102 Å². The lowest BCUT2D eigenvalue weighted by Crippen LogP contribution is -2.17. The van der Waals surface area contributed by atoms with Crippen LogP contribution in [0, 0.1) is 13.8 Å². The molecule has 192 valence electrons. The number of carbonyl (C=O) groups excluding carboxylic acids is 2. The van der Waals surface area contributed by atoms with Crippen LogP contribution in [0.2, 0.25) is 0 Å². The summed E-state index contributed by atoms with van der Waals surface area (Å²) in [5.41, 5.74) is 1.70. The molecule has 0 spiro atoms. The number of rotatable bonds is 5. The van der Waals surface area contributed by atoms with Crippen LogP contribution in [0.3, 0.4) is 0 Å². The molecule has 5 rings (SSSR count). The van der Waals surface area contributed by atoms with Crippen LogP contribution in [0.25, 0.3) is 11.3 Å². The van der Waals surface area contributed by atoms with E-state index in [-0.39, 0.29) is 22.6 Å². The molecule has 3 aromatic heterocycles. The second kappa shape index (κ2) is 9.47. The Morgan fingerprint density at radius 3 is 2.50 bits per heavy atom. The van der Waals surface area contributed by atoms with Gasteiger partial charge in [-0.3, -0.25) is 9.59 Å². The molecule has 0 aliphatic rings. The maximum absolute atomic E-state index is 13.6. The summed E-state index contributed by atoms with van der Waals surface area (Å²) in [5.74, 6) is -1.14. The first-order valence-corrected chi connectivity index (χ1v) is 11.3. The van der Waals surface area contributed by atoms with Crippen LogP contribution in [0.15, 0.2) is 73.4 Å². The number of aromatic nitrogens is 5. The molecule has 38 heavy (non-hydrogen) atoms. The van der Waals surface area contributed by atoms with Crippen molar-refractivity contribution in [3.63, 3.8) is 0 Å². The van der Waals surface area contributed by atoms with E-state index >= 15 is 0 Å². The maximum atomic E-state index is 13.6. The standard InChI is InChI=1S/C26H20F3N7O2/c1-15-5-6-17(8-21(15)34-25(38)22-12-30-23-4-3-7-32-36(22)23)24(37)33-19-9-18(26(27,28)29)10-20(11-19)35-13-16(2)31-14-35/h3-14H,1-2H3,(H,33,37)(H,34,38). The summed E-state index contributed by atoms with van der Waals surface area (Å²) >= 11 is 0. The van der Waals surface area contributed by atoms with Gasteiger partial charge in [-0.15, -0.1) is 0 Å². The monoisotopic (exact) mass is 519 g/mol. The van der Waals surface area contributed by atoms with Crippen LogP contribution in [-0.2, 0) is 6.18 Å². The van der Waals surface area contributed by atoms with E-state index in [1.807, 2.05) is 0 Å². The number of alkyl halides is 3. The van der Waals surface area contributed by atoms with Crippen LogP contribution in [0.5, 0.6) is 0 Å². The third-order valence-corrected chi connectivity index (χ3v) is 5.77. The predicted molar refractivity (Wildman–Crippen MR) is 133 cm³/mol. The van der Waals surface area contributed by atoms with Crippen molar-refractivity contribution in [2.24, 2.45) is 0 Å². The zero-order valence-corrected chi connectivity index (χ0v) is 20.1. The molecule has 5 aromatic rings. The number of imidazole rings is 2. The molecule has 2 amide bonds. The number of benzene rings is 2. The van der Waals surface area contributed by atoms with E-state index in [0.29, 0.717) is 22.6 Å². The van der Waals surface area contributed by atoms with Gasteiger partial charge < -0.3 is 15.2 Å². The molecule has 0 bridgehead atoms. The van der Waals surface area contributed by atoms with E-state index in [1.54, 1.807) is 38.2 Å². The fourth-order valence-electron chi connectivity index (χ4n) is 3.83. The number of hydrogen-bond acceptors (Lipinski definition) is 5. The minimum atomic E-state index is -4.63. The van der Waals surface area contributed by atoms with Gasteiger partial charge in [0.15, 0.2) is 11.3 Å². The summed E-state index contributed by atoms with van der Waals surface area (Å²) in [7, 11) is 0. The Kier molecular flexibility index (Phi) is 6.15. The minimum Gasteiger partial charge on any atom is -0.322 e. The van der Waals surface area contributed by atoms with Gasteiger partial charge in [-0.2, -0.15) is 18.3 Å². The lowest BCUT2D eigenvalue weighted by atomic mass is 10.1. The van der Waals surface area contributed by atoms with E-state index in [9.17, 15) is 22.8 Å². The van der Waals surface area contributed by atoms with Crippen LogP contribution < -0.4 is 10.6 Å². The molecule has 2 N–H and O–H groups in total. The first-order valence-electron chi connectivity index (χ1n) is 11.3. The summed E-state index contributed by atoms with van der Waals surface area (Å²) in [5, 5.41) is 9.39. The zero-order chi connectivity index (χ0) is 27.0. The Labute approximate surface area is 214 Å². The number of nitrogens with one attached hydrogen (secondary N) is 2. The molecular weight excluding hydrogens is 499 g/mol. The fourth-order valence-corrected chi connectivity index (χ4v) is 3.83. The summed E-state index contributed by atoms with van der Waals surface area (Å²) < 4.78 is 43.5. The number of nitrogens with zero attached hydrogens (tertiary/aromatic N) is 5. The second-order valence-electron chi connectivity index (χ2n) is 8.56. The van der Waals surface area contributed by atoms with Gasteiger partial charge in [0, 0.05) is 35.0 Å². The van der Waals surface area contributed by atoms with Gasteiger partial charge in [-0.1, -0.05) is 6.07 Å². The quantitative estimate of drug-likeness (QED) is 0.338. The Morgan fingerprint density at radius 2 is 1.76 bits per heavy atom. The van der Waals surface area contributed by atoms with Gasteiger partial charge in [0.1, 0.15) is 0 Å². The molecule has 3 heterocycles. The summed E-state index contributed by atoms with van der Waals surface area (Å²) in [4.78, 5) is 34.1. The van der Waals surface area contributed by atoms with Crippen molar-refractivity contribution < 1.29 is 22.8 Å². The average molecular weight is 519 g/mol. The van der Waals surface area contributed by atoms with E-state index in [4.69, 9.17) is 0 Å². The van der Waals surface area contributed by atoms with Crippen molar-refractivity contribution in [1.82, 2.24) is 24.1 Å². The van der Waals surface area contributed by atoms with Crippen molar-refractivity contribution in [2.45, 2.75) is 20.0 Å². The number of anilines is 2. The third-order valence-electron chi connectivity index (χ3n) is 5.77. The number of amides is 2. The molecule has 0 unspecified atom stereocenters. The molecule has 2 aromatic carbocycles. The molecule has 0 atom stereocenters. The first kappa shape index (κ1) is 24.7. The summed E-state index contributed by atoms with van der Waals surface area (Å²) in [6.07, 6.45) is 1.25. The number of fused-ring (bicyclic) bond motifs is 1.